The van der Waals surface area contributed by atoms with Crippen LogP contribution >= 0.6 is 0 Å². The van der Waals surface area contributed by atoms with Crippen molar-refractivity contribution in [3.8, 4) is 0 Å². The molecule has 0 radical (unpaired) electrons. The lowest BCUT2D eigenvalue weighted by Crippen LogP contribution is -2.18. The van der Waals surface area contributed by atoms with Crippen LogP contribution in [0.25, 0.3) is 17.3 Å². The second-order valence-corrected chi connectivity index (χ2v) is 7.84. The van der Waals surface area contributed by atoms with Crippen LogP contribution in [-0.4, -0.2) is 33.7 Å². The van der Waals surface area contributed by atoms with Gasteiger partial charge in [-0.2, -0.15) is 0 Å². The summed E-state index contributed by atoms with van der Waals surface area (Å²) < 4.78 is 1.98. The highest BCUT2D eigenvalue weighted by Crippen LogP contribution is 2.23. The summed E-state index contributed by atoms with van der Waals surface area (Å²) in [5.41, 5.74) is 7.03. The van der Waals surface area contributed by atoms with Crippen LogP contribution in [0.5, 0.6) is 0 Å². The number of hydrogen-bond acceptors (Lipinski definition) is 3. The van der Waals surface area contributed by atoms with Gasteiger partial charge in [0.05, 0.1) is 5.69 Å². The van der Waals surface area contributed by atoms with Crippen molar-refractivity contribution < 1.29 is 4.79 Å². The Bertz CT molecular complexity index is 1050. The summed E-state index contributed by atoms with van der Waals surface area (Å²) >= 11 is 0. The van der Waals surface area contributed by atoms with Crippen molar-refractivity contribution >= 4 is 23.1 Å². The molecule has 0 aliphatic heterocycles. The highest BCUT2D eigenvalue weighted by molar-refractivity contribution is 6.23. The average Bonchev–Trinajstić information content (AvgIpc) is 3.09. The molecule has 0 bridgehead atoms. The molecule has 4 nitrogen and oxygen atoms in total. The van der Waals surface area contributed by atoms with E-state index in [1.807, 2.05) is 41.9 Å². The summed E-state index contributed by atoms with van der Waals surface area (Å²) in [4.78, 5) is 19.5. The lowest BCUT2D eigenvalue weighted by molar-refractivity contribution is -0.111. The van der Waals surface area contributed by atoms with E-state index >= 15 is 0 Å². The molecule has 0 unspecified atom stereocenters. The van der Waals surface area contributed by atoms with Crippen molar-refractivity contribution in [1.29, 1.82) is 0 Å². The molecule has 29 heavy (non-hydrogen) atoms. The van der Waals surface area contributed by atoms with Crippen LogP contribution < -0.4 is 0 Å². The maximum Gasteiger partial charge on any atom is 0.162 e. The first kappa shape index (κ1) is 21.0. The maximum absolute atomic E-state index is 12.5. The van der Waals surface area contributed by atoms with Gasteiger partial charge in [-0.1, -0.05) is 38.1 Å². The van der Waals surface area contributed by atoms with Gasteiger partial charge >= 0.3 is 0 Å². The van der Waals surface area contributed by atoms with Crippen molar-refractivity contribution in [2.75, 3.05) is 13.6 Å². The zero-order valence-corrected chi connectivity index (χ0v) is 18.2. The topological polar surface area (TPSA) is 37.6 Å². The Morgan fingerprint density at radius 1 is 1.17 bits per heavy atom. The second kappa shape index (κ2) is 9.19. The molecule has 0 atom stereocenters. The fourth-order valence-corrected chi connectivity index (χ4v) is 3.72. The Balaban J connectivity index is 1.98. The Morgan fingerprint density at radius 3 is 2.66 bits per heavy atom. The third-order valence-corrected chi connectivity index (χ3v) is 5.20. The Morgan fingerprint density at radius 2 is 1.97 bits per heavy atom. The number of pyridine rings is 1. The number of nitrogens with zero attached hydrogens (tertiary/aromatic N) is 3. The number of ketones is 1. The summed E-state index contributed by atoms with van der Waals surface area (Å²) in [6.45, 7) is 10.1. The third kappa shape index (κ3) is 5.01. The predicted octanol–water partition coefficient (Wildman–Crippen LogP) is 5.18. The Hall–Kier alpha value is -2.72. The van der Waals surface area contributed by atoms with E-state index in [9.17, 15) is 4.79 Å². The van der Waals surface area contributed by atoms with Gasteiger partial charge in [0.15, 0.2) is 5.78 Å². The minimum Gasteiger partial charge on any atom is -0.306 e. The number of carbonyl (C=O) groups excluding carboxylic acids is 1. The molecular weight excluding hydrogens is 358 g/mol. The number of imidazole rings is 1. The summed E-state index contributed by atoms with van der Waals surface area (Å²) in [6, 6.07) is 10.6. The van der Waals surface area contributed by atoms with Gasteiger partial charge in [0.2, 0.25) is 0 Å². The van der Waals surface area contributed by atoms with E-state index in [4.69, 9.17) is 0 Å². The minimum absolute atomic E-state index is 0.0268. The van der Waals surface area contributed by atoms with Gasteiger partial charge in [0.25, 0.3) is 0 Å². The highest BCUT2D eigenvalue weighted by Gasteiger charge is 2.13. The average molecular weight is 390 g/mol. The molecular formula is C25H31N3O. The fraction of sp³-hybridized carbons (Fsp3) is 0.360. The van der Waals surface area contributed by atoms with Crippen molar-refractivity contribution in [1.82, 2.24) is 14.3 Å². The molecule has 0 saturated heterocycles. The number of allylic oxidation sites excluding steroid dienone is 1. The predicted molar refractivity (Wildman–Crippen MR) is 121 cm³/mol. The number of aryl methyl sites for hydroxylation is 2. The summed E-state index contributed by atoms with van der Waals surface area (Å²) in [6.07, 6.45) is 8.04. The van der Waals surface area contributed by atoms with Crippen LogP contribution in [0.1, 0.15) is 55.1 Å². The molecule has 2 heterocycles. The zero-order chi connectivity index (χ0) is 21.0. The van der Waals surface area contributed by atoms with Gasteiger partial charge in [-0.05, 0) is 74.7 Å². The number of hydrogen-bond donors (Lipinski definition) is 0. The number of benzene rings is 1. The van der Waals surface area contributed by atoms with Gasteiger partial charge < -0.3 is 9.30 Å². The molecule has 0 amide bonds. The van der Waals surface area contributed by atoms with Gasteiger partial charge in [-0.15, -0.1) is 0 Å². The van der Waals surface area contributed by atoms with E-state index in [0.29, 0.717) is 5.57 Å². The molecule has 4 heteroatoms. The molecule has 1 aromatic carbocycles. The van der Waals surface area contributed by atoms with Crippen LogP contribution in [0.4, 0.5) is 0 Å². The maximum atomic E-state index is 12.5. The molecule has 0 N–H and O–H groups in total. The van der Waals surface area contributed by atoms with E-state index in [1.54, 1.807) is 6.92 Å². The van der Waals surface area contributed by atoms with Crippen molar-refractivity contribution in [3.05, 3.63) is 70.7 Å². The fourth-order valence-electron chi connectivity index (χ4n) is 3.72. The minimum atomic E-state index is 0.0268. The molecule has 0 aliphatic rings. The van der Waals surface area contributed by atoms with Crippen molar-refractivity contribution in [3.63, 3.8) is 0 Å². The first-order valence-corrected chi connectivity index (χ1v) is 10.4. The number of Topliss-reactive ketones (excluding diaryl/α,β-unsaturated/α-hetero) is 1. The summed E-state index contributed by atoms with van der Waals surface area (Å²) in [5.74, 6) is 0.0268. The van der Waals surface area contributed by atoms with Gasteiger partial charge in [-0.3, -0.25) is 4.79 Å². The van der Waals surface area contributed by atoms with Gasteiger partial charge in [0, 0.05) is 24.5 Å². The third-order valence-electron chi connectivity index (χ3n) is 5.20. The summed E-state index contributed by atoms with van der Waals surface area (Å²) in [7, 11) is 2.15. The second-order valence-electron chi connectivity index (χ2n) is 7.84. The molecule has 3 aromatic rings. The van der Waals surface area contributed by atoms with Crippen molar-refractivity contribution in [2.45, 2.75) is 47.1 Å². The molecule has 0 fully saturated rings. The number of carbonyl (C=O) groups is 1. The number of aromatic nitrogens is 2. The van der Waals surface area contributed by atoms with E-state index < -0.39 is 0 Å². The smallest absolute Gasteiger partial charge is 0.162 e. The van der Waals surface area contributed by atoms with E-state index in [0.717, 1.165) is 48.4 Å². The molecule has 0 saturated carbocycles. The molecule has 0 spiro atoms. The zero-order valence-electron chi connectivity index (χ0n) is 18.2. The lowest BCUT2D eigenvalue weighted by atomic mass is 9.97. The van der Waals surface area contributed by atoms with Gasteiger partial charge in [0.1, 0.15) is 5.65 Å². The Kier molecular flexibility index (Phi) is 6.65. The van der Waals surface area contributed by atoms with E-state index in [2.05, 4.69) is 49.0 Å². The largest absolute Gasteiger partial charge is 0.306 e. The highest BCUT2D eigenvalue weighted by atomic mass is 16.1. The summed E-state index contributed by atoms with van der Waals surface area (Å²) in [5, 5.41) is 0. The number of rotatable bonds is 8. The molecule has 152 valence electrons. The molecule has 3 rings (SSSR count). The van der Waals surface area contributed by atoms with Crippen LogP contribution in [-0.2, 0) is 17.8 Å². The lowest BCUT2D eigenvalue weighted by Gasteiger charge is -2.17. The first-order valence-electron chi connectivity index (χ1n) is 10.4. The molecule has 2 aromatic heterocycles. The van der Waals surface area contributed by atoms with Crippen LogP contribution in [0, 0.1) is 6.92 Å². The molecule has 0 aliphatic carbocycles. The van der Waals surface area contributed by atoms with Crippen molar-refractivity contribution in [2.24, 2.45) is 0 Å². The normalized spacial score (nSPS) is 12.1. The van der Waals surface area contributed by atoms with Crippen LogP contribution in [0.15, 0.2) is 42.7 Å². The van der Waals surface area contributed by atoms with E-state index in [-0.39, 0.29) is 5.78 Å². The Labute approximate surface area is 173 Å². The van der Waals surface area contributed by atoms with E-state index in [1.165, 1.54) is 11.1 Å². The standard InChI is InChI=1S/C25H31N3O/c1-6-12-27(5)16-20-9-10-22(21(7-2)13-20)14-23(19(4)29)24-17-28-15-18(3)8-11-25(28)26-24/h8-11,13-15,17H,6-7,12,16H2,1-5H3/b23-14+. The SMILES string of the molecule is CCCN(C)Cc1ccc(/C=C(\C(C)=O)c2cn3cc(C)ccc3n2)c(CC)c1. The number of fused-ring (bicyclic) bond motifs is 1. The van der Waals surface area contributed by atoms with Crippen LogP contribution in [0.3, 0.4) is 0 Å². The van der Waals surface area contributed by atoms with Crippen LogP contribution in [0.2, 0.25) is 0 Å². The first-order chi connectivity index (χ1) is 13.9. The quantitative estimate of drug-likeness (QED) is 0.498. The van der Waals surface area contributed by atoms with Gasteiger partial charge in [-0.25, -0.2) is 4.98 Å². The monoisotopic (exact) mass is 389 g/mol.